The summed E-state index contributed by atoms with van der Waals surface area (Å²) >= 11 is 1.77. The van der Waals surface area contributed by atoms with E-state index in [0.717, 1.165) is 43.9 Å². The lowest BCUT2D eigenvalue weighted by Gasteiger charge is -2.26. The van der Waals surface area contributed by atoms with Crippen molar-refractivity contribution in [3.8, 4) is 44.9 Å². The molecule has 0 unspecified atom stereocenters. The molecule has 0 N–H and O–H groups in total. The molecule has 214 valence electrons. The van der Waals surface area contributed by atoms with E-state index in [0.29, 0.717) is 0 Å². The first-order valence-electron chi connectivity index (χ1n) is 15.1. The van der Waals surface area contributed by atoms with E-state index in [-0.39, 0.29) is 0 Å². The highest BCUT2D eigenvalue weighted by atomic mass is 32.2. The average molecular weight is 596 g/mol. The molecule has 0 radical (unpaired) electrons. The van der Waals surface area contributed by atoms with Gasteiger partial charge in [0.05, 0.1) is 9.79 Å². The second-order valence-corrected chi connectivity index (χ2v) is 12.0. The fourth-order valence-electron chi connectivity index (χ4n) is 5.88. The first-order chi connectivity index (χ1) is 22.3. The van der Waals surface area contributed by atoms with Crippen LogP contribution in [0.5, 0.6) is 11.5 Å². The van der Waals surface area contributed by atoms with Gasteiger partial charge in [0, 0.05) is 17.1 Å². The molecule has 0 aliphatic carbocycles. The Balaban J connectivity index is 1.16. The van der Waals surface area contributed by atoms with E-state index >= 15 is 0 Å². The Kier molecular flexibility index (Phi) is 7.14. The monoisotopic (exact) mass is 595 g/mol. The lowest BCUT2D eigenvalue weighted by Crippen LogP contribution is -2.09. The Morgan fingerprint density at radius 1 is 0.356 bits per heavy atom. The summed E-state index contributed by atoms with van der Waals surface area (Å²) in [6.07, 6.45) is 0. The van der Waals surface area contributed by atoms with Crippen LogP contribution < -0.4 is 9.64 Å². The van der Waals surface area contributed by atoms with Gasteiger partial charge in [-0.1, -0.05) is 133 Å². The Bertz CT molecular complexity index is 1990. The largest absolute Gasteiger partial charge is 0.455 e. The third kappa shape index (κ3) is 5.39. The minimum Gasteiger partial charge on any atom is -0.455 e. The van der Waals surface area contributed by atoms with Gasteiger partial charge in [0.1, 0.15) is 11.5 Å². The van der Waals surface area contributed by atoms with Crippen LogP contribution in [-0.4, -0.2) is 0 Å². The summed E-state index contributed by atoms with van der Waals surface area (Å²) in [6, 6.07) is 62.1. The quantitative estimate of drug-likeness (QED) is 0.190. The van der Waals surface area contributed by atoms with Crippen molar-refractivity contribution in [3.63, 3.8) is 0 Å². The first kappa shape index (κ1) is 27.1. The molecule has 1 aliphatic rings. The Morgan fingerprint density at radius 2 is 0.800 bits per heavy atom. The molecule has 7 aromatic rings. The molecular formula is C42H29NOS. The summed E-state index contributed by atoms with van der Waals surface area (Å²) < 4.78 is 6.27. The molecule has 0 bridgehead atoms. The van der Waals surface area contributed by atoms with Crippen LogP contribution in [0.2, 0.25) is 0 Å². The van der Waals surface area contributed by atoms with Crippen LogP contribution >= 0.6 is 11.8 Å². The van der Waals surface area contributed by atoms with Crippen molar-refractivity contribution in [1.82, 2.24) is 0 Å². The number of rotatable bonds is 6. The molecule has 8 rings (SSSR count). The summed E-state index contributed by atoms with van der Waals surface area (Å²) in [5, 5.41) is 0. The minimum absolute atomic E-state index is 0.902. The van der Waals surface area contributed by atoms with Crippen LogP contribution in [0.4, 0.5) is 17.1 Å². The van der Waals surface area contributed by atoms with Gasteiger partial charge in [-0.15, -0.1) is 0 Å². The van der Waals surface area contributed by atoms with Gasteiger partial charge in [-0.25, -0.2) is 0 Å². The van der Waals surface area contributed by atoms with Gasteiger partial charge >= 0.3 is 0 Å². The molecule has 3 heteroatoms. The van der Waals surface area contributed by atoms with E-state index in [1.54, 1.807) is 11.8 Å². The van der Waals surface area contributed by atoms with Gasteiger partial charge in [-0.2, -0.15) is 0 Å². The number of fused-ring (bicyclic) bond motifs is 2. The van der Waals surface area contributed by atoms with Crippen LogP contribution in [0, 0.1) is 0 Å². The molecule has 45 heavy (non-hydrogen) atoms. The summed E-state index contributed by atoms with van der Waals surface area (Å²) in [5.41, 5.74) is 10.5. The highest BCUT2D eigenvalue weighted by Crippen LogP contribution is 2.51. The van der Waals surface area contributed by atoms with Gasteiger partial charge < -0.3 is 9.64 Å². The molecule has 0 spiro atoms. The molecule has 0 saturated heterocycles. The number of ether oxygens (including phenoxy) is 1. The van der Waals surface area contributed by atoms with Gasteiger partial charge in [0.2, 0.25) is 0 Å². The normalized spacial score (nSPS) is 11.6. The van der Waals surface area contributed by atoms with Crippen molar-refractivity contribution in [3.05, 3.63) is 176 Å². The first-order valence-corrected chi connectivity index (χ1v) is 15.9. The van der Waals surface area contributed by atoms with Crippen LogP contribution in [0.25, 0.3) is 33.4 Å². The van der Waals surface area contributed by atoms with Crippen molar-refractivity contribution in [1.29, 1.82) is 0 Å². The number of anilines is 3. The summed E-state index contributed by atoms with van der Waals surface area (Å²) in [4.78, 5) is 4.61. The highest BCUT2D eigenvalue weighted by Gasteiger charge is 2.21. The maximum atomic E-state index is 6.27. The third-order valence-electron chi connectivity index (χ3n) is 8.16. The van der Waals surface area contributed by atoms with E-state index in [1.807, 2.05) is 12.1 Å². The van der Waals surface area contributed by atoms with E-state index < -0.39 is 0 Å². The SMILES string of the molecule is c1ccc(-c2ccc(N(c3ccc(-c4ccccc4)cc3)c3ccc(-c4cccc5c4Sc4ccccc4O5)cc3)cc2)cc1. The summed E-state index contributed by atoms with van der Waals surface area (Å²) in [7, 11) is 0. The van der Waals surface area contributed by atoms with E-state index in [1.165, 1.54) is 27.8 Å². The van der Waals surface area contributed by atoms with Gasteiger partial charge in [-0.05, 0) is 88.0 Å². The lowest BCUT2D eigenvalue weighted by atomic mass is 10.0. The maximum Gasteiger partial charge on any atom is 0.142 e. The molecule has 0 amide bonds. The van der Waals surface area contributed by atoms with E-state index in [4.69, 9.17) is 4.74 Å². The Hall–Kier alpha value is -5.51. The van der Waals surface area contributed by atoms with Crippen molar-refractivity contribution >= 4 is 28.8 Å². The van der Waals surface area contributed by atoms with Crippen LogP contribution in [-0.2, 0) is 0 Å². The van der Waals surface area contributed by atoms with Crippen molar-refractivity contribution in [2.75, 3.05) is 4.90 Å². The number of hydrogen-bond acceptors (Lipinski definition) is 3. The van der Waals surface area contributed by atoms with Crippen LogP contribution in [0.3, 0.4) is 0 Å². The summed E-state index contributed by atoms with van der Waals surface area (Å²) in [5.74, 6) is 1.81. The summed E-state index contributed by atoms with van der Waals surface area (Å²) in [6.45, 7) is 0. The highest BCUT2D eigenvalue weighted by molar-refractivity contribution is 7.99. The molecule has 1 heterocycles. The maximum absolute atomic E-state index is 6.27. The second-order valence-electron chi connectivity index (χ2n) is 11.0. The fourth-order valence-corrected chi connectivity index (χ4v) is 6.96. The molecule has 0 atom stereocenters. The Morgan fingerprint density at radius 3 is 1.36 bits per heavy atom. The van der Waals surface area contributed by atoms with E-state index in [2.05, 4.69) is 169 Å². The topological polar surface area (TPSA) is 12.5 Å². The molecular weight excluding hydrogens is 567 g/mol. The smallest absolute Gasteiger partial charge is 0.142 e. The fraction of sp³-hybridized carbons (Fsp3) is 0. The second kappa shape index (κ2) is 11.9. The average Bonchev–Trinajstić information content (AvgIpc) is 3.12. The number of hydrogen-bond donors (Lipinski definition) is 0. The van der Waals surface area contributed by atoms with Crippen LogP contribution in [0.1, 0.15) is 0 Å². The minimum atomic E-state index is 0.902. The van der Waals surface area contributed by atoms with Gasteiger partial charge in [0.25, 0.3) is 0 Å². The van der Waals surface area contributed by atoms with Crippen LogP contribution in [0.15, 0.2) is 186 Å². The zero-order valence-corrected chi connectivity index (χ0v) is 25.3. The lowest BCUT2D eigenvalue weighted by molar-refractivity contribution is 0.455. The molecule has 0 aromatic heterocycles. The van der Waals surface area contributed by atoms with Gasteiger partial charge in [-0.3, -0.25) is 0 Å². The molecule has 0 saturated carbocycles. The number of benzene rings is 7. The zero-order valence-electron chi connectivity index (χ0n) is 24.5. The molecule has 2 nitrogen and oxygen atoms in total. The zero-order chi connectivity index (χ0) is 30.0. The van der Waals surface area contributed by atoms with Crippen molar-refractivity contribution < 1.29 is 4.74 Å². The van der Waals surface area contributed by atoms with Crippen molar-refractivity contribution in [2.45, 2.75) is 9.79 Å². The molecule has 1 aliphatic heterocycles. The number of para-hydroxylation sites is 1. The third-order valence-corrected chi connectivity index (χ3v) is 9.34. The van der Waals surface area contributed by atoms with Crippen molar-refractivity contribution in [2.24, 2.45) is 0 Å². The van der Waals surface area contributed by atoms with E-state index in [9.17, 15) is 0 Å². The number of nitrogens with zero attached hydrogens (tertiary/aromatic N) is 1. The standard InChI is InChI=1S/C42H29NOS/c1-3-10-30(11-4-1)32-18-24-35(25-19-32)43(36-26-20-33(21-27-36)31-12-5-2-6-13-31)37-28-22-34(23-29-37)38-14-9-16-40-42(38)45-41-17-8-7-15-39(41)44-40/h1-29H. The molecule has 0 fully saturated rings. The predicted molar refractivity (Wildman–Crippen MR) is 188 cm³/mol. The molecule has 7 aromatic carbocycles. The van der Waals surface area contributed by atoms with Gasteiger partial charge in [0.15, 0.2) is 0 Å². The predicted octanol–water partition coefficient (Wildman–Crippen LogP) is 12.4. The Labute approximate surface area is 268 Å².